The van der Waals surface area contributed by atoms with Crippen molar-refractivity contribution >= 4 is 5.91 Å². The van der Waals surface area contributed by atoms with Gasteiger partial charge in [0.05, 0.1) is 30.4 Å². The number of nitriles is 1. The number of benzene rings is 3. The van der Waals surface area contributed by atoms with E-state index in [0.29, 0.717) is 30.6 Å². The number of amides is 1. The van der Waals surface area contributed by atoms with Crippen LogP contribution in [-0.4, -0.2) is 36.3 Å². The Morgan fingerprint density at radius 1 is 1.14 bits per heavy atom. The van der Waals surface area contributed by atoms with Crippen molar-refractivity contribution in [3.8, 4) is 11.8 Å². The SMILES string of the molecule is CC(=O)N[C@@H](Cc1cc(F)cc(F)c1)[C@H](O)CN[C@H]1CCOc2ccc(Cc3ccccc3C#N)cc21. The molecule has 0 radical (unpaired) electrons. The maximum Gasteiger partial charge on any atom is 0.217 e. The summed E-state index contributed by atoms with van der Waals surface area (Å²) in [7, 11) is 0. The van der Waals surface area contributed by atoms with Crippen LogP contribution in [0.1, 0.15) is 47.2 Å². The number of carbonyl (C=O) groups is 1. The Morgan fingerprint density at radius 3 is 2.62 bits per heavy atom. The van der Waals surface area contributed by atoms with Crippen molar-refractivity contribution in [1.82, 2.24) is 10.6 Å². The summed E-state index contributed by atoms with van der Waals surface area (Å²) in [5, 5.41) is 26.4. The second-order valence-corrected chi connectivity index (χ2v) is 9.27. The zero-order valence-electron chi connectivity index (χ0n) is 20.5. The second kappa shape index (κ2) is 12.0. The second-order valence-electron chi connectivity index (χ2n) is 9.27. The maximum atomic E-state index is 13.7. The van der Waals surface area contributed by atoms with Gasteiger partial charge in [-0.15, -0.1) is 0 Å². The number of aliphatic hydroxyl groups excluding tert-OH is 1. The predicted molar refractivity (Wildman–Crippen MR) is 135 cm³/mol. The number of aliphatic hydroxyl groups is 1. The molecule has 0 aliphatic carbocycles. The van der Waals surface area contributed by atoms with Crippen LogP contribution in [0.15, 0.2) is 60.7 Å². The minimum Gasteiger partial charge on any atom is -0.493 e. The van der Waals surface area contributed by atoms with Crippen LogP contribution in [0.2, 0.25) is 0 Å². The van der Waals surface area contributed by atoms with E-state index in [2.05, 4.69) is 16.7 Å². The summed E-state index contributed by atoms with van der Waals surface area (Å²) in [6.45, 7) is 1.99. The molecule has 192 valence electrons. The van der Waals surface area contributed by atoms with Crippen LogP contribution in [0, 0.1) is 23.0 Å². The average molecular weight is 506 g/mol. The highest BCUT2D eigenvalue weighted by molar-refractivity contribution is 5.73. The van der Waals surface area contributed by atoms with Crippen molar-refractivity contribution in [2.24, 2.45) is 0 Å². The third kappa shape index (κ3) is 6.91. The predicted octanol–water partition coefficient (Wildman–Crippen LogP) is 3.95. The Kier molecular flexibility index (Phi) is 8.49. The normalized spacial score (nSPS) is 16.1. The van der Waals surface area contributed by atoms with Gasteiger partial charge >= 0.3 is 0 Å². The van der Waals surface area contributed by atoms with Crippen LogP contribution in [0.25, 0.3) is 0 Å². The van der Waals surface area contributed by atoms with Gasteiger partial charge in [-0.05, 0) is 53.8 Å². The molecule has 0 unspecified atom stereocenters. The first-order valence-corrected chi connectivity index (χ1v) is 12.2. The van der Waals surface area contributed by atoms with Crippen LogP contribution in [0.4, 0.5) is 8.78 Å². The number of nitrogens with one attached hydrogen (secondary N) is 2. The van der Waals surface area contributed by atoms with Gasteiger partial charge in [-0.2, -0.15) is 5.26 Å². The fraction of sp³-hybridized carbons (Fsp3) is 0.310. The molecule has 3 aromatic rings. The van der Waals surface area contributed by atoms with Gasteiger partial charge in [0.15, 0.2) is 0 Å². The number of fused-ring (bicyclic) bond motifs is 1. The molecule has 1 amide bonds. The van der Waals surface area contributed by atoms with Crippen molar-refractivity contribution in [3.63, 3.8) is 0 Å². The lowest BCUT2D eigenvalue weighted by Crippen LogP contribution is -2.48. The van der Waals surface area contributed by atoms with Crippen molar-refractivity contribution in [3.05, 3.63) is 100 Å². The summed E-state index contributed by atoms with van der Waals surface area (Å²) in [5.41, 5.74) is 3.90. The monoisotopic (exact) mass is 505 g/mol. The summed E-state index contributed by atoms with van der Waals surface area (Å²) in [5.74, 6) is -1.02. The van der Waals surface area contributed by atoms with Crippen LogP contribution < -0.4 is 15.4 Å². The van der Waals surface area contributed by atoms with Gasteiger partial charge in [-0.25, -0.2) is 8.78 Å². The Bertz CT molecular complexity index is 1290. The molecule has 4 rings (SSSR count). The molecule has 0 aromatic heterocycles. The molecule has 1 heterocycles. The molecule has 3 aromatic carbocycles. The molecule has 0 bridgehead atoms. The van der Waals surface area contributed by atoms with E-state index >= 15 is 0 Å². The third-order valence-electron chi connectivity index (χ3n) is 6.45. The van der Waals surface area contributed by atoms with E-state index in [1.54, 1.807) is 6.07 Å². The Morgan fingerprint density at radius 2 is 1.89 bits per heavy atom. The number of halogens is 2. The average Bonchev–Trinajstić information content (AvgIpc) is 2.86. The molecule has 6 nitrogen and oxygen atoms in total. The highest BCUT2D eigenvalue weighted by Crippen LogP contribution is 2.33. The molecular weight excluding hydrogens is 476 g/mol. The van der Waals surface area contributed by atoms with Gasteiger partial charge < -0.3 is 20.5 Å². The highest BCUT2D eigenvalue weighted by Gasteiger charge is 2.26. The fourth-order valence-corrected chi connectivity index (χ4v) is 4.70. The van der Waals surface area contributed by atoms with Crippen LogP contribution >= 0.6 is 0 Å². The number of rotatable bonds is 9. The lowest BCUT2D eigenvalue weighted by atomic mass is 9.94. The first-order valence-electron chi connectivity index (χ1n) is 12.2. The summed E-state index contributed by atoms with van der Waals surface area (Å²) in [6, 6.07) is 18.0. The number of hydrogen-bond acceptors (Lipinski definition) is 5. The quantitative estimate of drug-likeness (QED) is 0.410. The summed E-state index contributed by atoms with van der Waals surface area (Å²) >= 11 is 0. The molecule has 3 atom stereocenters. The summed E-state index contributed by atoms with van der Waals surface area (Å²) < 4.78 is 33.1. The molecule has 37 heavy (non-hydrogen) atoms. The Labute approximate surface area is 214 Å². The molecule has 3 N–H and O–H groups in total. The topological polar surface area (TPSA) is 94.4 Å². The molecule has 8 heteroatoms. The number of hydrogen-bond donors (Lipinski definition) is 3. The van der Waals surface area contributed by atoms with E-state index in [-0.39, 0.29) is 24.9 Å². The number of carbonyl (C=O) groups excluding carboxylic acids is 1. The van der Waals surface area contributed by atoms with Gasteiger partial charge in [0, 0.05) is 37.6 Å². The standard InChI is InChI=1S/C29H29F2N3O3/c1-18(35)34-27(14-20-11-23(30)15-24(31)12-20)28(36)17-33-26-8-9-37-29-7-6-19(13-25(26)29)10-21-4-2-3-5-22(21)16-32/h2-7,11-13,15,26-28,33,36H,8-10,14,17H2,1H3,(H,34,35)/t26-,27-,28+/m0/s1. The zero-order valence-corrected chi connectivity index (χ0v) is 20.5. The minimum atomic E-state index is -1.01. The van der Waals surface area contributed by atoms with Gasteiger partial charge in [0.2, 0.25) is 5.91 Å². The molecule has 0 fully saturated rings. The summed E-state index contributed by atoms with van der Waals surface area (Å²) in [4.78, 5) is 11.8. The van der Waals surface area contributed by atoms with Crippen molar-refractivity contribution in [2.45, 2.75) is 44.4 Å². The Balaban J connectivity index is 1.47. The number of ether oxygens (including phenoxy) is 1. The first kappa shape index (κ1) is 26.3. The fourth-order valence-electron chi connectivity index (χ4n) is 4.70. The van der Waals surface area contributed by atoms with E-state index in [4.69, 9.17) is 4.74 Å². The van der Waals surface area contributed by atoms with Crippen LogP contribution in [-0.2, 0) is 17.6 Å². The van der Waals surface area contributed by atoms with Crippen molar-refractivity contribution < 1.29 is 23.4 Å². The van der Waals surface area contributed by atoms with Gasteiger partial charge in [-0.3, -0.25) is 4.79 Å². The molecule has 0 saturated carbocycles. The smallest absolute Gasteiger partial charge is 0.217 e. The van der Waals surface area contributed by atoms with Gasteiger partial charge in [0.25, 0.3) is 0 Å². The largest absolute Gasteiger partial charge is 0.493 e. The molecule has 0 spiro atoms. The van der Waals surface area contributed by atoms with E-state index in [1.165, 1.54) is 19.1 Å². The van der Waals surface area contributed by atoms with E-state index < -0.39 is 23.8 Å². The van der Waals surface area contributed by atoms with Crippen LogP contribution in [0.5, 0.6) is 5.75 Å². The molecule has 1 aliphatic rings. The number of nitrogens with zero attached hydrogens (tertiary/aromatic N) is 1. The van der Waals surface area contributed by atoms with E-state index in [0.717, 1.165) is 28.5 Å². The van der Waals surface area contributed by atoms with Gasteiger partial charge in [0.1, 0.15) is 17.4 Å². The molecule has 1 aliphatic heterocycles. The lowest BCUT2D eigenvalue weighted by molar-refractivity contribution is -0.120. The molecular formula is C29H29F2N3O3. The first-order chi connectivity index (χ1) is 17.8. The van der Waals surface area contributed by atoms with Gasteiger partial charge in [-0.1, -0.05) is 30.3 Å². The minimum absolute atomic E-state index is 0.0733. The van der Waals surface area contributed by atoms with E-state index in [1.807, 2.05) is 36.4 Å². The van der Waals surface area contributed by atoms with Crippen molar-refractivity contribution in [1.29, 1.82) is 5.26 Å². The lowest BCUT2D eigenvalue weighted by Gasteiger charge is -2.30. The highest BCUT2D eigenvalue weighted by atomic mass is 19.1. The van der Waals surface area contributed by atoms with E-state index in [9.17, 15) is 23.9 Å². The van der Waals surface area contributed by atoms with Crippen molar-refractivity contribution in [2.75, 3.05) is 13.2 Å². The van der Waals surface area contributed by atoms with Crippen LogP contribution in [0.3, 0.4) is 0 Å². The molecule has 0 saturated heterocycles. The maximum absolute atomic E-state index is 13.7. The third-order valence-corrected chi connectivity index (χ3v) is 6.45. The zero-order chi connectivity index (χ0) is 26.4. The Hall–Kier alpha value is -3.80. The summed E-state index contributed by atoms with van der Waals surface area (Å²) in [6.07, 6.45) is 0.343.